The van der Waals surface area contributed by atoms with E-state index < -0.39 is 11.7 Å². The first-order valence-electron chi connectivity index (χ1n) is 12.1. The number of carbonyl (C=O) groups excluding carboxylic acids is 1. The van der Waals surface area contributed by atoms with Gasteiger partial charge < -0.3 is 26.8 Å². The standard InChI is InChI=1S/C26H33FN6O2/c1-15(2)11-13-35-26-17-6-5-9-21(16(17)10-12-30-26)31-24-18(23(29)34)14-19(27)25(33-24)32-22-8-4-3-7-20(22)28/h5-6,9-10,12,14-15,20,22H,3-4,7-8,11,13,28H2,1-2H3,(H2,29,34)(H2,31,32,33)/t20-,22+/m0/s1. The lowest BCUT2D eigenvalue weighted by Gasteiger charge is -2.30. The summed E-state index contributed by atoms with van der Waals surface area (Å²) < 4.78 is 20.8. The summed E-state index contributed by atoms with van der Waals surface area (Å²) in [4.78, 5) is 20.9. The van der Waals surface area contributed by atoms with Crippen LogP contribution >= 0.6 is 0 Å². The highest BCUT2D eigenvalue weighted by Crippen LogP contribution is 2.33. The number of ether oxygens (including phenoxy) is 1. The maximum absolute atomic E-state index is 14.9. The Morgan fingerprint density at radius 2 is 2.00 bits per heavy atom. The molecule has 35 heavy (non-hydrogen) atoms. The van der Waals surface area contributed by atoms with Crippen molar-refractivity contribution in [2.24, 2.45) is 17.4 Å². The maximum atomic E-state index is 14.9. The van der Waals surface area contributed by atoms with Gasteiger partial charge in [-0.25, -0.2) is 14.4 Å². The van der Waals surface area contributed by atoms with Crippen LogP contribution in [0.3, 0.4) is 0 Å². The normalized spacial score (nSPS) is 18.0. The lowest BCUT2D eigenvalue weighted by Crippen LogP contribution is -2.43. The number of amides is 1. The summed E-state index contributed by atoms with van der Waals surface area (Å²) in [7, 11) is 0. The number of rotatable bonds is 9. The molecule has 4 rings (SSSR count). The van der Waals surface area contributed by atoms with Crippen LogP contribution in [-0.2, 0) is 0 Å². The molecule has 0 unspecified atom stereocenters. The molecule has 2 heterocycles. The minimum atomic E-state index is -0.778. The molecular formula is C26H33FN6O2. The Morgan fingerprint density at radius 3 is 2.74 bits per heavy atom. The number of nitrogens with one attached hydrogen (secondary N) is 2. The fourth-order valence-corrected chi connectivity index (χ4v) is 4.31. The van der Waals surface area contributed by atoms with Gasteiger partial charge in [0, 0.05) is 34.7 Å². The zero-order chi connectivity index (χ0) is 24.9. The number of halogens is 1. The van der Waals surface area contributed by atoms with Crippen LogP contribution in [0.4, 0.5) is 21.7 Å². The molecule has 1 fully saturated rings. The number of nitrogens with two attached hydrogens (primary N) is 2. The van der Waals surface area contributed by atoms with Crippen molar-refractivity contribution >= 4 is 34.0 Å². The van der Waals surface area contributed by atoms with Crippen molar-refractivity contribution in [3.63, 3.8) is 0 Å². The molecule has 2 aromatic heterocycles. The van der Waals surface area contributed by atoms with Crippen molar-refractivity contribution in [1.82, 2.24) is 9.97 Å². The van der Waals surface area contributed by atoms with E-state index in [2.05, 4.69) is 34.4 Å². The summed E-state index contributed by atoms with van der Waals surface area (Å²) in [5, 5.41) is 7.96. The van der Waals surface area contributed by atoms with Crippen molar-refractivity contribution in [2.45, 2.75) is 58.0 Å². The third-order valence-corrected chi connectivity index (χ3v) is 6.34. The second-order valence-corrected chi connectivity index (χ2v) is 9.45. The molecule has 8 nitrogen and oxygen atoms in total. The fourth-order valence-electron chi connectivity index (χ4n) is 4.31. The lowest BCUT2D eigenvalue weighted by molar-refractivity contribution is 0.100. The van der Waals surface area contributed by atoms with Crippen LogP contribution in [0.5, 0.6) is 5.88 Å². The van der Waals surface area contributed by atoms with Gasteiger partial charge in [0.1, 0.15) is 5.82 Å². The largest absolute Gasteiger partial charge is 0.477 e. The molecule has 0 aliphatic heterocycles. The monoisotopic (exact) mass is 480 g/mol. The molecule has 9 heteroatoms. The van der Waals surface area contributed by atoms with E-state index in [1.165, 1.54) is 0 Å². The molecule has 1 aliphatic carbocycles. The number of anilines is 3. The van der Waals surface area contributed by atoms with Gasteiger partial charge in [0.15, 0.2) is 11.6 Å². The van der Waals surface area contributed by atoms with Gasteiger partial charge in [-0.2, -0.15) is 0 Å². The zero-order valence-electron chi connectivity index (χ0n) is 20.2. The first kappa shape index (κ1) is 24.7. The third kappa shape index (κ3) is 5.79. The average molecular weight is 481 g/mol. The molecule has 1 saturated carbocycles. The Kier molecular flexibility index (Phi) is 7.65. The van der Waals surface area contributed by atoms with Crippen molar-refractivity contribution < 1.29 is 13.9 Å². The second-order valence-electron chi connectivity index (χ2n) is 9.45. The number of carbonyl (C=O) groups is 1. The van der Waals surface area contributed by atoms with E-state index in [1.54, 1.807) is 6.20 Å². The van der Waals surface area contributed by atoms with Gasteiger partial charge in [0.05, 0.1) is 12.2 Å². The number of pyridine rings is 2. The fraction of sp³-hybridized carbons (Fsp3) is 0.423. The topological polar surface area (TPSA) is 128 Å². The molecule has 6 N–H and O–H groups in total. The first-order valence-corrected chi connectivity index (χ1v) is 12.1. The van der Waals surface area contributed by atoms with E-state index in [0.717, 1.165) is 48.9 Å². The van der Waals surface area contributed by atoms with Crippen molar-refractivity contribution in [3.05, 3.63) is 47.9 Å². The Bertz CT molecular complexity index is 1200. The Balaban J connectivity index is 1.67. The first-order chi connectivity index (χ1) is 16.8. The number of primary amides is 1. The molecule has 0 saturated heterocycles. The summed E-state index contributed by atoms with van der Waals surface area (Å²) in [5.74, 6) is -0.172. The number of hydrogen-bond donors (Lipinski definition) is 4. The summed E-state index contributed by atoms with van der Waals surface area (Å²) in [5.41, 5.74) is 12.4. The highest BCUT2D eigenvalue weighted by molar-refractivity contribution is 6.02. The predicted octanol–water partition coefficient (Wildman–Crippen LogP) is 4.72. The summed E-state index contributed by atoms with van der Waals surface area (Å²) in [6.07, 6.45) is 6.36. The van der Waals surface area contributed by atoms with Crippen molar-refractivity contribution in [2.75, 3.05) is 17.2 Å². The van der Waals surface area contributed by atoms with Gasteiger partial charge in [-0.1, -0.05) is 32.8 Å². The molecular weight excluding hydrogens is 447 g/mol. The molecule has 0 spiro atoms. The summed E-state index contributed by atoms with van der Waals surface area (Å²) in [6, 6.07) is 8.41. The summed E-state index contributed by atoms with van der Waals surface area (Å²) >= 11 is 0. The van der Waals surface area contributed by atoms with Crippen molar-refractivity contribution in [3.8, 4) is 5.88 Å². The van der Waals surface area contributed by atoms with Gasteiger partial charge >= 0.3 is 0 Å². The number of aromatic nitrogens is 2. The minimum absolute atomic E-state index is 0.0412. The lowest BCUT2D eigenvalue weighted by atomic mass is 9.91. The second kappa shape index (κ2) is 10.9. The van der Waals surface area contributed by atoms with E-state index in [-0.39, 0.29) is 29.3 Å². The van der Waals surface area contributed by atoms with E-state index >= 15 is 0 Å². The smallest absolute Gasteiger partial charge is 0.252 e. The molecule has 2 atom stereocenters. The zero-order valence-corrected chi connectivity index (χ0v) is 20.2. The van der Waals surface area contributed by atoms with Crippen LogP contribution in [0, 0.1) is 11.7 Å². The molecule has 1 aromatic carbocycles. The molecule has 1 amide bonds. The molecule has 3 aromatic rings. The Morgan fingerprint density at radius 1 is 1.20 bits per heavy atom. The van der Waals surface area contributed by atoms with E-state index in [9.17, 15) is 9.18 Å². The minimum Gasteiger partial charge on any atom is -0.477 e. The van der Waals surface area contributed by atoms with Crippen LogP contribution < -0.4 is 26.8 Å². The molecule has 0 bridgehead atoms. The molecule has 0 radical (unpaired) electrons. The van der Waals surface area contributed by atoms with Gasteiger partial charge in [0.25, 0.3) is 5.91 Å². The van der Waals surface area contributed by atoms with Crippen molar-refractivity contribution in [1.29, 1.82) is 0 Å². The van der Waals surface area contributed by atoms with Crippen LogP contribution in [0.25, 0.3) is 10.8 Å². The predicted molar refractivity (Wildman–Crippen MR) is 137 cm³/mol. The van der Waals surface area contributed by atoms with Gasteiger partial charge in [0.2, 0.25) is 5.88 Å². The van der Waals surface area contributed by atoms with Crippen LogP contribution in [0.2, 0.25) is 0 Å². The third-order valence-electron chi connectivity index (χ3n) is 6.34. The highest BCUT2D eigenvalue weighted by atomic mass is 19.1. The Labute approximate surface area is 204 Å². The number of hydrogen-bond acceptors (Lipinski definition) is 7. The average Bonchev–Trinajstić information content (AvgIpc) is 2.82. The Hall–Kier alpha value is -3.46. The highest BCUT2D eigenvalue weighted by Gasteiger charge is 2.24. The van der Waals surface area contributed by atoms with Crippen LogP contribution in [0.15, 0.2) is 36.5 Å². The molecule has 1 aliphatic rings. The quantitative estimate of drug-likeness (QED) is 0.349. The number of nitrogens with zero attached hydrogens (tertiary/aromatic N) is 2. The van der Waals surface area contributed by atoms with Crippen LogP contribution in [0.1, 0.15) is 56.3 Å². The van der Waals surface area contributed by atoms with E-state index in [0.29, 0.717) is 24.1 Å². The molecule has 186 valence electrons. The number of fused-ring (bicyclic) bond motifs is 1. The van der Waals surface area contributed by atoms with Gasteiger partial charge in [-0.05, 0) is 49.4 Å². The van der Waals surface area contributed by atoms with Gasteiger partial charge in [-0.15, -0.1) is 0 Å². The maximum Gasteiger partial charge on any atom is 0.252 e. The van der Waals surface area contributed by atoms with E-state index in [1.807, 2.05) is 24.3 Å². The van der Waals surface area contributed by atoms with Crippen LogP contribution in [-0.4, -0.2) is 34.6 Å². The SMILES string of the molecule is CC(C)CCOc1nccc2c(Nc3nc(N[C@@H]4CCCC[C@@H]4N)c(F)cc3C(N)=O)cccc12. The van der Waals surface area contributed by atoms with Gasteiger partial charge in [-0.3, -0.25) is 4.79 Å². The van der Waals surface area contributed by atoms with E-state index in [4.69, 9.17) is 16.2 Å². The number of benzene rings is 1. The summed E-state index contributed by atoms with van der Waals surface area (Å²) in [6.45, 7) is 4.84.